The highest BCUT2D eigenvalue weighted by Gasteiger charge is 2.55. The molecular formula is C116H80N4. The summed E-state index contributed by atoms with van der Waals surface area (Å²) in [6, 6.07) is 166. The lowest BCUT2D eigenvalue weighted by Crippen LogP contribution is -2.26. The quantitative estimate of drug-likeness (QED) is 0.121. The third kappa shape index (κ3) is 10.7. The van der Waals surface area contributed by atoms with Crippen LogP contribution in [-0.2, 0) is 10.8 Å². The topological polar surface area (TPSA) is 13.0 Å². The Balaban J connectivity index is 0.000000140. The van der Waals surface area contributed by atoms with Crippen molar-refractivity contribution < 1.29 is 0 Å². The molecule has 0 bridgehead atoms. The largest absolute Gasteiger partial charge is 0.310 e. The number of hydrogen-bond donors (Lipinski definition) is 0. The third-order valence-corrected chi connectivity index (χ3v) is 25.8. The molecule has 4 aliphatic carbocycles. The van der Waals surface area contributed by atoms with Crippen LogP contribution in [0.3, 0.4) is 0 Å². The molecule has 24 rings (SSSR count). The summed E-state index contributed by atoms with van der Waals surface area (Å²) in [7, 11) is 0. The number of benzene rings is 20. The van der Waals surface area contributed by atoms with Gasteiger partial charge < -0.3 is 19.6 Å². The fourth-order valence-corrected chi connectivity index (χ4v) is 21.0. The molecule has 0 aliphatic heterocycles. The SMILES string of the molecule is Cc1ccccc1N(c1ccccc1)c1ccc2c3c(ccc2c1)-c1ccc2cc(N(c4ccccc4)c4ccccc4C)ccc2c1C31c2ccccc2-c2ccccc21.c1ccc(N(c2ccccc2)c2ccc3c4c(ccc3c2)-c2ccc3cc(N(c5ccccc5)c5ccccc5)ccc3c2C42c3ccccc3-c3ccccc32)cc1. The van der Waals surface area contributed by atoms with Crippen molar-refractivity contribution in [3.63, 3.8) is 0 Å². The zero-order chi connectivity index (χ0) is 79.6. The molecule has 4 aliphatic rings. The van der Waals surface area contributed by atoms with Crippen LogP contribution in [-0.4, -0.2) is 0 Å². The third-order valence-electron chi connectivity index (χ3n) is 25.8. The molecule has 0 unspecified atom stereocenters. The lowest BCUT2D eigenvalue weighted by atomic mass is 9.68. The maximum Gasteiger partial charge on any atom is 0.0737 e. The van der Waals surface area contributed by atoms with Crippen LogP contribution in [0, 0.1) is 13.8 Å². The maximum absolute atomic E-state index is 2.40. The Morgan fingerprint density at radius 3 is 0.617 bits per heavy atom. The smallest absolute Gasteiger partial charge is 0.0737 e. The minimum Gasteiger partial charge on any atom is -0.310 e. The van der Waals surface area contributed by atoms with Gasteiger partial charge in [0.25, 0.3) is 0 Å². The molecule has 0 heterocycles. The van der Waals surface area contributed by atoms with E-state index in [2.05, 4.69) is 482 Å². The molecule has 0 atom stereocenters. The number of aryl methyl sites for hydroxylation is 2. The van der Waals surface area contributed by atoms with E-state index in [1.54, 1.807) is 0 Å². The normalized spacial score (nSPS) is 12.9. The Hall–Kier alpha value is -15.4. The summed E-state index contributed by atoms with van der Waals surface area (Å²) in [6.45, 7) is 4.40. The Kier molecular flexibility index (Phi) is 16.5. The zero-order valence-corrected chi connectivity index (χ0v) is 66.5. The molecule has 0 radical (unpaired) electrons. The Morgan fingerprint density at radius 1 is 0.158 bits per heavy atom. The number of rotatable bonds is 12. The predicted octanol–water partition coefficient (Wildman–Crippen LogP) is 31.2. The summed E-state index contributed by atoms with van der Waals surface area (Å²) >= 11 is 0. The van der Waals surface area contributed by atoms with Crippen LogP contribution in [0.1, 0.15) is 55.6 Å². The van der Waals surface area contributed by atoms with Gasteiger partial charge in [0, 0.05) is 68.2 Å². The minimum atomic E-state index is -0.524. The van der Waals surface area contributed by atoms with E-state index >= 15 is 0 Å². The predicted molar refractivity (Wildman–Crippen MR) is 504 cm³/mol. The summed E-state index contributed by atoms with van der Waals surface area (Å²) in [5.74, 6) is 0. The van der Waals surface area contributed by atoms with Crippen molar-refractivity contribution in [1.29, 1.82) is 0 Å². The van der Waals surface area contributed by atoms with E-state index in [9.17, 15) is 0 Å². The minimum absolute atomic E-state index is 0.517. The van der Waals surface area contributed by atoms with Crippen molar-refractivity contribution in [1.82, 2.24) is 0 Å². The Morgan fingerprint density at radius 2 is 0.367 bits per heavy atom. The highest BCUT2D eigenvalue weighted by molar-refractivity contribution is 6.13. The molecule has 0 fully saturated rings. The van der Waals surface area contributed by atoms with Gasteiger partial charge in [-0.3, -0.25) is 0 Å². The van der Waals surface area contributed by atoms with Gasteiger partial charge in [0.2, 0.25) is 0 Å². The first kappa shape index (κ1) is 70.1. The Labute approximate surface area is 699 Å². The standard InChI is InChI=1S/C59H42N2.C57H38N2/c1-39-17-9-15-27-55(39)60(43-19-5-3-6-20-43)45-31-35-47-41(37-45)29-33-51-52-34-30-42-38-46(61(44-21-7-4-8-22-44)56-28-16-10-18-40(56)2)32-36-48(42)58(52)59(57(47)51)53-25-13-11-23-49(53)50-24-12-14-26-54(50)59;1-5-17-41(18-6-1)58(42-19-7-2-8-20-42)45-31-35-47-39(37-45)29-33-51-52-34-30-40-38-46(59(43-21-9-3-10-22-43)44-23-11-4-12-24-44)32-36-48(40)56(52)57(55(47)51)53-27-15-13-25-49(53)50-26-14-16-28-54(50)57/h3-38H,1-2H3;1-38H. The lowest BCUT2D eigenvalue weighted by molar-refractivity contribution is 0.809. The first-order chi connectivity index (χ1) is 59.4. The monoisotopic (exact) mass is 1530 g/mol. The molecule has 564 valence electrons. The van der Waals surface area contributed by atoms with Gasteiger partial charge in [-0.15, -0.1) is 0 Å². The molecule has 4 heteroatoms. The van der Waals surface area contributed by atoms with Gasteiger partial charge in [-0.2, -0.15) is 0 Å². The maximum atomic E-state index is 2.40. The van der Waals surface area contributed by atoms with Crippen molar-refractivity contribution in [2.24, 2.45) is 0 Å². The second-order valence-electron chi connectivity index (χ2n) is 32.2. The van der Waals surface area contributed by atoms with E-state index in [4.69, 9.17) is 0 Å². The Bertz CT molecular complexity index is 6920. The molecule has 4 nitrogen and oxygen atoms in total. The van der Waals surface area contributed by atoms with Crippen LogP contribution in [0.4, 0.5) is 68.2 Å². The number of anilines is 12. The summed E-state index contributed by atoms with van der Waals surface area (Å²) in [4.78, 5) is 9.51. The van der Waals surface area contributed by atoms with Crippen molar-refractivity contribution in [2.75, 3.05) is 19.6 Å². The average Bonchev–Trinajstić information content (AvgIpc) is 1.50. The van der Waals surface area contributed by atoms with Gasteiger partial charge in [-0.05, 0) is 291 Å². The molecule has 0 N–H and O–H groups in total. The average molecular weight is 1530 g/mol. The second-order valence-corrected chi connectivity index (χ2v) is 32.2. The summed E-state index contributed by atoms with van der Waals surface area (Å²) < 4.78 is 0. The molecule has 0 saturated carbocycles. The molecule has 0 aromatic heterocycles. The number of nitrogens with zero attached hydrogens (tertiary/aromatic N) is 4. The van der Waals surface area contributed by atoms with E-state index < -0.39 is 10.8 Å². The lowest BCUT2D eigenvalue weighted by Gasteiger charge is -2.33. The molecule has 20 aromatic carbocycles. The van der Waals surface area contributed by atoms with Gasteiger partial charge in [0.15, 0.2) is 0 Å². The molecule has 0 saturated heterocycles. The van der Waals surface area contributed by atoms with Crippen molar-refractivity contribution >= 4 is 111 Å². The van der Waals surface area contributed by atoms with Gasteiger partial charge in [0.05, 0.1) is 10.8 Å². The first-order valence-electron chi connectivity index (χ1n) is 41.7. The molecule has 20 aromatic rings. The molecular weight excluding hydrogens is 1450 g/mol. The van der Waals surface area contributed by atoms with Crippen molar-refractivity contribution in [3.8, 4) is 44.5 Å². The summed E-state index contributed by atoms with van der Waals surface area (Å²) in [6.07, 6.45) is 0. The van der Waals surface area contributed by atoms with Crippen LogP contribution >= 0.6 is 0 Å². The number of hydrogen-bond acceptors (Lipinski definition) is 4. The summed E-state index contributed by atoms with van der Waals surface area (Å²) in [5, 5.41) is 10.0. The molecule has 2 spiro atoms. The van der Waals surface area contributed by atoms with Crippen LogP contribution in [0.5, 0.6) is 0 Å². The van der Waals surface area contributed by atoms with E-state index in [0.717, 1.165) is 56.9 Å². The van der Waals surface area contributed by atoms with E-state index in [1.165, 1.54) is 155 Å². The first-order valence-corrected chi connectivity index (χ1v) is 41.7. The molecule has 120 heavy (non-hydrogen) atoms. The fourth-order valence-electron chi connectivity index (χ4n) is 21.0. The van der Waals surface area contributed by atoms with Crippen molar-refractivity contribution in [2.45, 2.75) is 24.7 Å². The zero-order valence-electron chi connectivity index (χ0n) is 66.5. The van der Waals surface area contributed by atoms with Crippen LogP contribution < -0.4 is 19.6 Å². The van der Waals surface area contributed by atoms with E-state index in [0.29, 0.717) is 0 Å². The van der Waals surface area contributed by atoms with Crippen LogP contribution in [0.2, 0.25) is 0 Å². The number of para-hydroxylation sites is 8. The highest BCUT2D eigenvalue weighted by atomic mass is 15.2. The summed E-state index contributed by atoms with van der Waals surface area (Å²) in [5.41, 5.74) is 36.4. The van der Waals surface area contributed by atoms with Crippen LogP contribution in [0.25, 0.3) is 87.6 Å². The second kappa shape index (κ2) is 28.2. The fraction of sp³-hybridized carbons (Fsp3) is 0.0345. The van der Waals surface area contributed by atoms with E-state index in [-0.39, 0.29) is 0 Å². The number of fused-ring (bicyclic) bond motifs is 28. The van der Waals surface area contributed by atoms with E-state index in [1.807, 2.05) is 0 Å². The van der Waals surface area contributed by atoms with Crippen molar-refractivity contribution in [3.05, 3.63) is 505 Å². The molecule has 0 amide bonds. The van der Waals surface area contributed by atoms with Gasteiger partial charge >= 0.3 is 0 Å². The van der Waals surface area contributed by atoms with Crippen LogP contribution in [0.15, 0.2) is 449 Å². The highest BCUT2D eigenvalue weighted by Crippen LogP contribution is 2.68. The van der Waals surface area contributed by atoms with Gasteiger partial charge in [0.1, 0.15) is 0 Å². The van der Waals surface area contributed by atoms with Gasteiger partial charge in [-0.1, -0.05) is 315 Å². The van der Waals surface area contributed by atoms with Gasteiger partial charge in [-0.25, -0.2) is 0 Å².